The van der Waals surface area contributed by atoms with Gasteiger partial charge in [-0.1, -0.05) is 24.3 Å². The van der Waals surface area contributed by atoms with Gasteiger partial charge in [-0.15, -0.1) is 0 Å². The van der Waals surface area contributed by atoms with Crippen LogP contribution in [0.25, 0.3) is 0 Å². The van der Waals surface area contributed by atoms with Crippen molar-refractivity contribution >= 4 is 22.6 Å². The Hall–Kier alpha value is -1.94. The summed E-state index contributed by atoms with van der Waals surface area (Å²) in [4.78, 5) is -0.289. The van der Waals surface area contributed by atoms with Gasteiger partial charge in [0.15, 0.2) is 0 Å². The Morgan fingerprint density at radius 2 is 1.83 bits per heavy atom. The fraction of sp³-hybridized carbons (Fsp3) is 0.143. The third-order valence-corrected chi connectivity index (χ3v) is 4.58. The summed E-state index contributed by atoms with van der Waals surface area (Å²) in [6.07, 6.45) is 0. The number of methoxy groups -OCH3 is 1. The fourth-order valence-corrected chi connectivity index (χ4v) is 3.12. The van der Waals surface area contributed by atoms with E-state index < -0.39 is 23.0 Å². The van der Waals surface area contributed by atoms with Crippen molar-refractivity contribution in [2.75, 3.05) is 7.11 Å². The summed E-state index contributed by atoms with van der Waals surface area (Å²) in [5.41, 5.74) is 0.900. The van der Waals surface area contributed by atoms with Gasteiger partial charge in [-0.2, -0.15) is 0 Å². The molecule has 0 aromatic heterocycles. The molecular formula is C14H15BFNO5S. The Labute approximate surface area is 133 Å². The highest BCUT2D eigenvalue weighted by Gasteiger charge is 2.20. The maximum absolute atomic E-state index is 13.3. The molecule has 0 radical (unpaired) electrons. The molecule has 0 aliphatic heterocycles. The molecule has 23 heavy (non-hydrogen) atoms. The molecular weight excluding hydrogens is 324 g/mol. The van der Waals surface area contributed by atoms with Crippen LogP contribution in [-0.4, -0.2) is 32.7 Å². The minimum absolute atomic E-state index is 0.0379. The molecule has 0 atom stereocenters. The number of ether oxygens (including phenoxy) is 1. The zero-order valence-corrected chi connectivity index (χ0v) is 13.0. The van der Waals surface area contributed by atoms with Crippen LogP contribution in [0, 0.1) is 5.82 Å². The maximum Gasteiger partial charge on any atom is 0.488 e. The van der Waals surface area contributed by atoms with Crippen LogP contribution in [0.5, 0.6) is 5.75 Å². The van der Waals surface area contributed by atoms with E-state index in [-0.39, 0.29) is 17.2 Å². The first kappa shape index (κ1) is 17.4. The largest absolute Gasteiger partial charge is 0.495 e. The van der Waals surface area contributed by atoms with Crippen LogP contribution < -0.4 is 14.9 Å². The standard InChI is InChI=1S/C14H15BFNO5S/c1-22-13-7-6-12(16)8-14(13)23(20,21)17-9-10-2-4-11(5-3-10)15(18)19/h2-8,17-19H,9H2,1H3. The highest BCUT2D eigenvalue weighted by Crippen LogP contribution is 2.24. The predicted octanol–water partition coefficient (Wildman–Crippen LogP) is -0.00740. The molecule has 0 aliphatic rings. The molecule has 0 unspecified atom stereocenters. The molecule has 0 saturated heterocycles. The van der Waals surface area contributed by atoms with E-state index in [0.29, 0.717) is 11.0 Å². The van der Waals surface area contributed by atoms with Gasteiger partial charge in [0.2, 0.25) is 10.0 Å². The van der Waals surface area contributed by atoms with E-state index >= 15 is 0 Å². The molecule has 3 N–H and O–H groups in total. The van der Waals surface area contributed by atoms with Crippen LogP contribution in [0.3, 0.4) is 0 Å². The van der Waals surface area contributed by atoms with Crippen molar-refractivity contribution in [2.24, 2.45) is 0 Å². The van der Waals surface area contributed by atoms with Crippen LogP contribution in [0.15, 0.2) is 47.4 Å². The van der Waals surface area contributed by atoms with Crippen LogP contribution in [-0.2, 0) is 16.6 Å². The second-order valence-electron chi connectivity index (χ2n) is 4.73. The third-order valence-electron chi connectivity index (χ3n) is 3.16. The highest BCUT2D eigenvalue weighted by molar-refractivity contribution is 7.89. The summed E-state index contributed by atoms with van der Waals surface area (Å²) in [6.45, 7) is -0.0379. The molecule has 2 aromatic rings. The average Bonchev–Trinajstić information content (AvgIpc) is 2.53. The summed E-state index contributed by atoms with van der Waals surface area (Å²) in [5, 5.41) is 18.0. The van der Waals surface area contributed by atoms with Crippen molar-refractivity contribution in [3.63, 3.8) is 0 Å². The van der Waals surface area contributed by atoms with Gasteiger partial charge in [-0.05, 0) is 29.2 Å². The van der Waals surface area contributed by atoms with Crippen molar-refractivity contribution in [1.29, 1.82) is 0 Å². The molecule has 0 amide bonds. The van der Waals surface area contributed by atoms with Crippen LogP contribution in [0.1, 0.15) is 5.56 Å². The molecule has 0 spiro atoms. The lowest BCUT2D eigenvalue weighted by molar-refractivity contribution is 0.400. The summed E-state index contributed by atoms with van der Waals surface area (Å²) < 4.78 is 45.1. The Morgan fingerprint density at radius 3 is 2.39 bits per heavy atom. The Bertz CT molecular complexity index is 780. The normalized spacial score (nSPS) is 11.3. The molecule has 0 fully saturated rings. The first-order valence-corrected chi connectivity index (χ1v) is 8.10. The molecule has 0 saturated carbocycles. The van der Waals surface area contributed by atoms with Gasteiger partial charge in [0.1, 0.15) is 16.5 Å². The summed E-state index contributed by atoms with van der Waals surface area (Å²) in [5.74, 6) is -0.648. The molecule has 0 bridgehead atoms. The summed E-state index contributed by atoms with van der Waals surface area (Å²) in [7, 11) is -4.25. The molecule has 2 rings (SSSR count). The second-order valence-corrected chi connectivity index (χ2v) is 6.47. The maximum atomic E-state index is 13.3. The summed E-state index contributed by atoms with van der Waals surface area (Å²) in [6, 6.07) is 9.28. The molecule has 122 valence electrons. The van der Waals surface area contributed by atoms with Crippen LogP contribution in [0.4, 0.5) is 4.39 Å². The molecule has 2 aromatic carbocycles. The molecule has 0 aliphatic carbocycles. The quantitative estimate of drug-likeness (QED) is 0.644. The Morgan fingerprint density at radius 1 is 1.17 bits per heavy atom. The topological polar surface area (TPSA) is 95.9 Å². The number of rotatable bonds is 6. The molecule has 6 nitrogen and oxygen atoms in total. The van der Waals surface area contributed by atoms with E-state index in [9.17, 15) is 12.8 Å². The van der Waals surface area contributed by atoms with Gasteiger partial charge in [0.05, 0.1) is 7.11 Å². The van der Waals surface area contributed by atoms with E-state index in [1.807, 2.05) is 0 Å². The van der Waals surface area contributed by atoms with Gasteiger partial charge >= 0.3 is 7.12 Å². The number of benzene rings is 2. The van der Waals surface area contributed by atoms with Crippen molar-refractivity contribution in [3.8, 4) is 5.75 Å². The van der Waals surface area contributed by atoms with Crippen molar-refractivity contribution < 1.29 is 27.6 Å². The van der Waals surface area contributed by atoms with Gasteiger partial charge < -0.3 is 14.8 Å². The van der Waals surface area contributed by atoms with Crippen LogP contribution in [0.2, 0.25) is 0 Å². The number of sulfonamides is 1. The lowest BCUT2D eigenvalue weighted by Crippen LogP contribution is -2.30. The monoisotopic (exact) mass is 339 g/mol. The Kier molecular flexibility index (Phi) is 5.37. The van der Waals surface area contributed by atoms with Gasteiger partial charge in [-0.3, -0.25) is 0 Å². The first-order valence-electron chi connectivity index (χ1n) is 6.61. The van der Waals surface area contributed by atoms with Crippen LogP contribution >= 0.6 is 0 Å². The third kappa shape index (κ3) is 4.29. The van der Waals surface area contributed by atoms with Crippen molar-refractivity contribution in [3.05, 3.63) is 53.8 Å². The van der Waals surface area contributed by atoms with E-state index in [4.69, 9.17) is 14.8 Å². The smallest absolute Gasteiger partial charge is 0.488 e. The van der Waals surface area contributed by atoms with Crippen molar-refractivity contribution in [1.82, 2.24) is 4.72 Å². The van der Waals surface area contributed by atoms with E-state index in [2.05, 4.69) is 4.72 Å². The van der Waals surface area contributed by atoms with Gasteiger partial charge in [0.25, 0.3) is 0 Å². The SMILES string of the molecule is COc1ccc(F)cc1S(=O)(=O)NCc1ccc(B(O)O)cc1. The fourth-order valence-electron chi connectivity index (χ4n) is 1.92. The zero-order chi connectivity index (χ0) is 17.0. The summed E-state index contributed by atoms with van der Waals surface area (Å²) >= 11 is 0. The number of hydrogen-bond acceptors (Lipinski definition) is 5. The van der Waals surface area contributed by atoms with Gasteiger partial charge in [-0.25, -0.2) is 17.5 Å². The minimum atomic E-state index is -3.96. The van der Waals surface area contributed by atoms with Gasteiger partial charge in [0, 0.05) is 6.54 Å². The van der Waals surface area contributed by atoms with E-state index in [0.717, 1.165) is 12.1 Å². The molecule has 9 heteroatoms. The predicted molar refractivity (Wildman–Crippen MR) is 83.2 cm³/mol. The lowest BCUT2D eigenvalue weighted by Gasteiger charge is -2.11. The highest BCUT2D eigenvalue weighted by atomic mass is 32.2. The Balaban J connectivity index is 2.17. The lowest BCUT2D eigenvalue weighted by atomic mass is 9.80. The second kappa shape index (κ2) is 7.09. The zero-order valence-electron chi connectivity index (χ0n) is 12.2. The van der Waals surface area contributed by atoms with Crippen molar-refractivity contribution in [2.45, 2.75) is 11.4 Å². The number of nitrogens with one attached hydrogen (secondary N) is 1. The minimum Gasteiger partial charge on any atom is -0.495 e. The molecule has 0 heterocycles. The first-order chi connectivity index (χ1) is 10.8. The number of halogens is 1. The van der Waals surface area contributed by atoms with E-state index in [1.165, 1.54) is 25.3 Å². The van der Waals surface area contributed by atoms with E-state index in [1.54, 1.807) is 12.1 Å². The number of hydrogen-bond donors (Lipinski definition) is 3. The average molecular weight is 339 g/mol.